The highest BCUT2D eigenvalue weighted by Gasteiger charge is 2.51. The highest BCUT2D eigenvalue weighted by Crippen LogP contribution is 2.43. The molecule has 2 fully saturated rings. The molecule has 26 heteroatoms. The number of hydrogen-bond donors (Lipinski definition) is 6. The molecule has 90 heavy (non-hydrogen) atoms. The summed E-state index contributed by atoms with van der Waals surface area (Å²) in [5, 5.41) is 30.8. The lowest BCUT2D eigenvalue weighted by atomic mass is 9.81. The average molecular weight is 1240 g/mol. The number of aryl methyl sites for hydroxylation is 2. The predicted molar refractivity (Wildman–Crippen MR) is 325 cm³/mol. The molecule has 1 saturated carbocycles. The van der Waals surface area contributed by atoms with Gasteiger partial charge in [-0.15, -0.1) is 5.10 Å². The molecule has 3 aliphatic heterocycles. The van der Waals surface area contributed by atoms with Gasteiger partial charge in [-0.1, -0.05) is 31.2 Å². The molecule has 2 aromatic carbocycles. The van der Waals surface area contributed by atoms with Crippen molar-refractivity contribution in [3.8, 4) is 17.1 Å². The smallest absolute Gasteiger partial charge is 0.508 e. The van der Waals surface area contributed by atoms with Gasteiger partial charge in [0.15, 0.2) is 0 Å². The molecule has 1 aliphatic carbocycles. The number of benzene rings is 2. The molecule has 5 aromatic rings. The molecular formula is C64H81N11O15. The monoisotopic (exact) mass is 1240 g/mol. The van der Waals surface area contributed by atoms with E-state index in [4.69, 9.17) is 34.4 Å². The van der Waals surface area contributed by atoms with Gasteiger partial charge in [0.1, 0.15) is 43.9 Å². The van der Waals surface area contributed by atoms with Gasteiger partial charge in [-0.2, -0.15) is 0 Å². The molecule has 6 heterocycles. The zero-order chi connectivity index (χ0) is 64.5. The lowest BCUT2D eigenvalue weighted by molar-refractivity contribution is -0.175. The number of phenols is 1. The second-order valence-electron chi connectivity index (χ2n) is 24.8. The van der Waals surface area contributed by atoms with E-state index in [1.54, 1.807) is 84.7 Å². The van der Waals surface area contributed by atoms with Crippen molar-refractivity contribution in [2.75, 3.05) is 38.2 Å². The zero-order valence-corrected chi connectivity index (χ0v) is 51.9. The number of esters is 1. The lowest BCUT2D eigenvalue weighted by Gasteiger charge is -2.35. The Labute approximate surface area is 520 Å². The van der Waals surface area contributed by atoms with Gasteiger partial charge in [0.05, 0.1) is 59.5 Å². The molecule has 2 unspecified atom stereocenters. The molecule has 0 radical (unpaired) electrons. The second kappa shape index (κ2) is 28.5. The molecule has 0 spiro atoms. The van der Waals surface area contributed by atoms with E-state index in [1.807, 2.05) is 20.8 Å². The van der Waals surface area contributed by atoms with Crippen LogP contribution in [-0.2, 0) is 102 Å². The first kappa shape index (κ1) is 65.8. The molecule has 7 N–H and O–H groups in total. The van der Waals surface area contributed by atoms with Crippen LogP contribution in [0.1, 0.15) is 146 Å². The van der Waals surface area contributed by atoms with Crippen molar-refractivity contribution < 1.29 is 67.1 Å². The predicted octanol–water partition coefficient (Wildman–Crippen LogP) is 5.22. The minimum absolute atomic E-state index is 0.0517. The van der Waals surface area contributed by atoms with Crippen LogP contribution in [0.4, 0.5) is 10.5 Å². The van der Waals surface area contributed by atoms with Gasteiger partial charge in [-0.05, 0) is 152 Å². The van der Waals surface area contributed by atoms with Gasteiger partial charge in [0, 0.05) is 54.0 Å². The first-order valence-corrected chi connectivity index (χ1v) is 30.9. The first-order valence-electron chi connectivity index (χ1n) is 30.9. The van der Waals surface area contributed by atoms with E-state index in [0.717, 1.165) is 29.4 Å². The van der Waals surface area contributed by atoms with Crippen LogP contribution in [0.25, 0.3) is 22.3 Å². The summed E-state index contributed by atoms with van der Waals surface area (Å²) < 4.78 is 31.8. The Kier molecular flexibility index (Phi) is 20.8. The van der Waals surface area contributed by atoms with Crippen LogP contribution < -0.4 is 32.6 Å². The number of unbranched alkanes of at least 4 members (excludes halogenated alkanes) is 1. The highest BCUT2D eigenvalue weighted by atomic mass is 16.7. The minimum Gasteiger partial charge on any atom is -0.508 e. The Balaban J connectivity index is 0.688. The summed E-state index contributed by atoms with van der Waals surface area (Å²) in [6, 6.07) is 12.0. The minimum atomic E-state index is -2.01. The van der Waals surface area contributed by atoms with Crippen LogP contribution in [0.5, 0.6) is 5.75 Å². The van der Waals surface area contributed by atoms with Gasteiger partial charge >= 0.3 is 12.1 Å². The van der Waals surface area contributed by atoms with Crippen molar-refractivity contribution in [2.45, 2.75) is 174 Å². The molecule has 26 nitrogen and oxygen atoms in total. The summed E-state index contributed by atoms with van der Waals surface area (Å²) in [5.74, 6) is -2.59. The number of nitrogens with one attached hydrogen (secondary N) is 4. The quantitative estimate of drug-likeness (QED) is 0.0208. The number of carbonyl (C=O) groups is 8. The normalized spacial score (nSPS) is 18.3. The number of ether oxygens (including phenoxy) is 5. The summed E-state index contributed by atoms with van der Waals surface area (Å²) in [6.45, 7) is 11.4. The molecule has 9 rings (SSSR count). The van der Waals surface area contributed by atoms with Gasteiger partial charge in [0.2, 0.25) is 41.0 Å². The molecule has 3 aromatic heterocycles. The Hall–Kier alpha value is -8.62. The summed E-state index contributed by atoms with van der Waals surface area (Å²) in [4.78, 5) is 124. The van der Waals surface area contributed by atoms with Crippen molar-refractivity contribution >= 4 is 64.2 Å². The number of carbonyl (C=O) groups excluding carboxylic acids is 8. The molecular weight excluding hydrogens is 1160 g/mol. The zero-order valence-electron chi connectivity index (χ0n) is 51.9. The van der Waals surface area contributed by atoms with Crippen LogP contribution in [0.2, 0.25) is 0 Å². The number of cyclic esters (lactones) is 1. The maximum Gasteiger partial charge on any atom is 0.510 e. The second-order valence-corrected chi connectivity index (χ2v) is 24.8. The highest BCUT2D eigenvalue weighted by molar-refractivity contribution is 6.02. The number of nitrogens with zero attached hydrogens (tertiary/aromatic N) is 6. The number of rotatable bonds is 28. The van der Waals surface area contributed by atoms with Gasteiger partial charge < -0.3 is 60.4 Å². The third-order valence-corrected chi connectivity index (χ3v) is 17.1. The number of likely N-dealkylation sites (tertiary alicyclic amines) is 1. The van der Waals surface area contributed by atoms with Crippen molar-refractivity contribution in [3.05, 3.63) is 98.6 Å². The number of amides is 6. The third-order valence-electron chi connectivity index (χ3n) is 17.1. The number of hydrogen-bond acceptors (Lipinski definition) is 19. The number of pyridine rings is 2. The van der Waals surface area contributed by atoms with Gasteiger partial charge in [0.25, 0.3) is 5.56 Å². The summed E-state index contributed by atoms with van der Waals surface area (Å²) in [5.41, 5.74) is 7.04. The Morgan fingerprint density at radius 2 is 1.64 bits per heavy atom. The SMILES string of the molecule is CCc1c2c(nc3ccc(O)cc13)-c1cc3c(c(=O)n1C2)COC(=O)C3(CC)OC(=O)OCc1ccc(NC(=O)C(CCCCN)NC(=O)COCC(=O)NC(C)(C)COC(C)(C)CCn2cc(CNC(=O)C3CCC(CN4C(=O)CCC4=O)CC3)nn2)cc1. The van der Waals surface area contributed by atoms with E-state index in [1.165, 1.54) is 4.90 Å². The Morgan fingerprint density at radius 3 is 2.36 bits per heavy atom. The van der Waals surface area contributed by atoms with Crippen molar-refractivity contribution in [3.63, 3.8) is 0 Å². The molecule has 4 aliphatic rings. The third kappa shape index (κ3) is 15.7. The molecule has 482 valence electrons. The van der Waals surface area contributed by atoms with Crippen molar-refractivity contribution in [1.82, 2.24) is 45.4 Å². The fraction of sp³-hybridized carbons (Fsp3) is 0.531. The summed E-state index contributed by atoms with van der Waals surface area (Å²) in [6.07, 6.45) is 6.55. The summed E-state index contributed by atoms with van der Waals surface area (Å²) in [7, 11) is 0. The number of phenolic OH excluding ortho intramolecular Hbond substituents is 1. The van der Waals surface area contributed by atoms with Crippen LogP contribution >= 0.6 is 0 Å². The molecule has 6 amide bonds. The van der Waals surface area contributed by atoms with Crippen LogP contribution in [0.15, 0.2) is 59.5 Å². The van der Waals surface area contributed by atoms with Crippen molar-refractivity contribution in [2.24, 2.45) is 17.6 Å². The largest absolute Gasteiger partial charge is 0.510 e. The van der Waals surface area contributed by atoms with Gasteiger partial charge in [-0.25, -0.2) is 14.6 Å². The van der Waals surface area contributed by atoms with E-state index in [0.29, 0.717) is 92.0 Å². The lowest BCUT2D eigenvalue weighted by Crippen LogP contribution is -2.50. The van der Waals surface area contributed by atoms with E-state index < -0.39 is 71.4 Å². The number of fused-ring (bicyclic) bond motifs is 5. The number of imide groups is 1. The first-order chi connectivity index (χ1) is 43.0. The van der Waals surface area contributed by atoms with E-state index in [2.05, 4.69) is 31.6 Å². The Morgan fingerprint density at radius 1 is 0.911 bits per heavy atom. The van der Waals surface area contributed by atoms with Gasteiger partial charge in [-0.3, -0.25) is 43.1 Å². The number of nitrogens with two attached hydrogens (primary N) is 1. The molecule has 2 atom stereocenters. The fourth-order valence-corrected chi connectivity index (χ4v) is 12.0. The number of aromatic hydroxyl groups is 1. The number of aromatic nitrogens is 5. The van der Waals surface area contributed by atoms with Crippen LogP contribution in [-0.4, -0.2) is 132 Å². The molecule has 0 bridgehead atoms. The average Bonchev–Trinajstić information content (AvgIpc) is 1.49. The molecule has 1 saturated heterocycles. The van der Waals surface area contributed by atoms with Crippen LogP contribution in [0.3, 0.4) is 0 Å². The van der Waals surface area contributed by atoms with Crippen molar-refractivity contribution in [1.29, 1.82) is 0 Å². The van der Waals surface area contributed by atoms with E-state index >= 15 is 0 Å². The Bertz CT molecular complexity index is 3580. The van der Waals surface area contributed by atoms with E-state index in [-0.39, 0.29) is 105 Å². The maximum absolute atomic E-state index is 14.1. The van der Waals surface area contributed by atoms with Crippen LogP contribution in [0, 0.1) is 11.8 Å². The topological polar surface area (TPSA) is 346 Å². The summed E-state index contributed by atoms with van der Waals surface area (Å²) >= 11 is 0. The standard InChI is InChI=1S/C64H81N11O15/c1-7-44-45-27-43(76)20-21-49(45)69-56-46(44)32-74-51(56)28-48-47(59(74)83)34-87-60(84)64(48,8-2)90-61(85)88-33-39-14-18-41(19-15-39)67-58(82)50(11-9-10-25-65)68-52(77)35-86-36-53(78)70-62(3,4)37-89-63(5,6)24-26-73-31-42(71-72-73)29-66-57(81)40-16-12-38(13-17-40)30-75-54(79)22-23-55(75)80/h14-15,18-21,27-28,31,38,40,50,76H,7-13,16-17,22-26,29-30,32-37,65H2,1-6H3,(H,66,81)(H,67,82)(H,68,77)(H,70,78). The maximum atomic E-state index is 14.1. The van der Waals surface area contributed by atoms with E-state index in [9.17, 15) is 48.3 Å². The number of anilines is 1. The fourth-order valence-electron chi connectivity index (χ4n) is 12.0.